The molecule has 0 fully saturated rings. The van der Waals surface area contributed by atoms with Crippen LogP contribution < -0.4 is 0 Å². The molecule has 0 bridgehead atoms. The van der Waals surface area contributed by atoms with Crippen molar-refractivity contribution in [2.45, 2.75) is 20.3 Å². The Labute approximate surface area is 190 Å². The van der Waals surface area contributed by atoms with E-state index in [1.807, 2.05) is 50.2 Å². The van der Waals surface area contributed by atoms with Gasteiger partial charge in [-0.15, -0.1) is 0 Å². The number of benzene rings is 4. The topological polar surface area (TPSA) is 0 Å². The molecular weight excluding hydrogens is 424 g/mol. The molecule has 0 heterocycles. The minimum atomic E-state index is -1.52. The van der Waals surface area contributed by atoms with E-state index in [1.54, 1.807) is 18.2 Å². The molecule has 33 heavy (non-hydrogen) atoms. The highest BCUT2D eigenvalue weighted by Crippen LogP contribution is 2.29. The Bertz CT molecular complexity index is 1370. The van der Waals surface area contributed by atoms with Gasteiger partial charge in [0.15, 0.2) is 17.5 Å². The molecule has 0 aromatic heterocycles. The van der Waals surface area contributed by atoms with Gasteiger partial charge in [0.1, 0.15) is 5.82 Å². The molecule has 0 saturated carbocycles. The molecule has 0 aliphatic heterocycles. The molecule has 0 aliphatic rings. The van der Waals surface area contributed by atoms with E-state index in [0.29, 0.717) is 23.1 Å². The van der Waals surface area contributed by atoms with Crippen LogP contribution in [-0.2, 0) is 6.42 Å². The van der Waals surface area contributed by atoms with Gasteiger partial charge in [-0.1, -0.05) is 66.8 Å². The molecule has 0 unspecified atom stereocenters. The molecule has 4 rings (SSSR count). The van der Waals surface area contributed by atoms with Crippen molar-refractivity contribution in [1.29, 1.82) is 0 Å². The lowest BCUT2D eigenvalue weighted by atomic mass is 9.95. The average Bonchev–Trinajstić information content (AvgIpc) is 2.81. The predicted molar refractivity (Wildman–Crippen MR) is 124 cm³/mol. The van der Waals surface area contributed by atoms with Crippen molar-refractivity contribution < 1.29 is 17.6 Å². The quantitative estimate of drug-likeness (QED) is 0.171. The Kier molecular flexibility index (Phi) is 6.33. The zero-order valence-electron chi connectivity index (χ0n) is 18.1. The second-order valence-electron chi connectivity index (χ2n) is 7.79. The van der Waals surface area contributed by atoms with Crippen LogP contribution in [0.1, 0.15) is 29.2 Å². The van der Waals surface area contributed by atoms with E-state index in [0.717, 1.165) is 34.4 Å². The van der Waals surface area contributed by atoms with E-state index < -0.39 is 17.5 Å². The zero-order chi connectivity index (χ0) is 23.5. The predicted octanol–water partition coefficient (Wildman–Crippen LogP) is 7.85. The van der Waals surface area contributed by atoms with Gasteiger partial charge in [0.2, 0.25) is 0 Å². The maximum Gasteiger partial charge on any atom is 0.194 e. The highest BCUT2D eigenvalue weighted by atomic mass is 19.2. The summed E-state index contributed by atoms with van der Waals surface area (Å²) in [5.41, 5.74) is 5.63. The lowest BCUT2D eigenvalue weighted by Crippen LogP contribution is -1.93. The van der Waals surface area contributed by atoms with Gasteiger partial charge in [-0.3, -0.25) is 0 Å². The van der Waals surface area contributed by atoms with Gasteiger partial charge in [0, 0.05) is 16.7 Å². The average molecular weight is 444 g/mol. The fourth-order valence-electron chi connectivity index (χ4n) is 3.62. The third-order valence-corrected chi connectivity index (χ3v) is 5.48. The summed E-state index contributed by atoms with van der Waals surface area (Å²) in [6, 6.07) is 20.2. The molecule has 4 aromatic carbocycles. The molecule has 0 spiro atoms. The molecule has 0 amide bonds. The van der Waals surface area contributed by atoms with E-state index in [9.17, 15) is 17.6 Å². The van der Waals surface area contributed by atoms with Crippen molar-refractivity contribution in [2.75, 3.05) is 0 Å². The number of hydrogen-bond donors (Lipinski definition) is 0. The molecule has 0 N–H and O–H groups in total. The lowest BCUT2D eigenvalue weighted by Gasteiger charge is -2.10. The van der Waals surface area contributed by atoms with E-state index in [-0.39, 0.29) is 11.4 Å². The summed E-state index contributed by atoms with van der Waals surface area (Å²) in [6.45, 7) is 3.95. The SMILES string of the molecule is CCc1cc(-c2ccc(-c3ccc(C)cc3)cc2F)ccc1C#Cc1cc(F)c(F)c(F)c1. The summed E-state index contributed by atoms with van der Waals surface area (Å²) < 4.78 is 55.0. The third-order valence-electron chi connectivity index (χ3n) is 5.48. The molecular formula is C29H20F4. The highest BCUT2D eigenvalue weighted by molar-refractivity contribution is 5.72. The van der Waals surface area contributed by atoms with Crippen molar-refractivity contribution in [3.8, 4) is 34.1 Å². The maximum absolute atomic E-state index is 15.0. The molecule has 0 nitrogen and oxygen atoms in total. The number of rotatable bonds is 3. The minimum absolute atomic E-state index is 0.0373. The van der Waals surface area contributed by atoms with Crippen LogP contribution in [-0.4, -0.2) is 0 Å². The fourth-order valence-corrected chi connectivity index (χ4v) is 3.62. The van der Waals surface area contributed by atoms with Gasteiger partial charge in [0.25, 0.3) is 0 Å². The smallest absolute Gasteiger partial charge is 0.194 e. The standard InChI is InChI=1S/C29H20F4/c1-3-20-16-24(11-10-21(20)9-6-19-14-27(31)29(33)28(32)15-19)25-13-12-23(17-26(25)30)22-7-4-18(2)5-8-22/h4-5,7-8,10-17H,3H2,1-2H3. The van der Waals surface area contributed by atoms with Gasteiger partial charge < -0.3 is 0 Å². The first kappa shape index (κ1) is 22.4. The number of hydrogen-bond acceptors (Lipinski definition) is 0. The zero-order valence-corrected chi connectivity index (χ0v) is 18.1. The molecule has 0 aliphatic carbocycles. The molecule has 164 valence electrons. The highest BCUT2D eigenvalue weighted by Gasteiger charge is 2.11. The molecule has 4 aromatic rings. The summed E-state index contributed by atoms with van der Waals surface area (Å²) in [5, 5.41) is 0. The second-order valence-corrected chi connectivity index (χ2v) is 7.79. The fraction of sp³-hybridized carbons (Fsp3) is 0.103. The van der Waals surface area contributed by atoms with Crippen LogP contribution in [0, 0.1) is 42.0 Å². The van der Waals surface area contributed by atoms with Crippen molar-refractivity contribution in [2.24, 2.45) is 0 Å². The van der Waals surface area contributed by atoms with Crippen molar-refractivity contribution in [1.82, 2.24) is 0 Å². The summed E-state index contributed by atoms with van der Waals surface area (Å²) in [4.78, 5) is 0. The summed E-state index contributed by atoms with van der Waals surface area (Å²) in [7, 11) is 0. The van der Waals surface area contributed by atoms with Crippen molar-refractivity contribution in [3.05, 3.63) is 118 Å². The summed E-state index contributed by atoms with van der Waals surface area (Å²) >= 11 is 0. The summed E-state index contributed by atoms with van der Waals surface area (Å²) in [6.07, 6.45) is 0.632. The van der Waals surface area contributed by atoms with Gasteiger partial charge in [-0.05, 0) is 65.9 Å². The lowest BCUT2D eigenvalue weighted by molar-refractivity contribution is 0.446. The Balaban J connectivity index is 1.66. The largest absolute Gasteiger partial charge is 0.206 e. The molecule has 0 radical (unpaired) electrons. The van der Waals surface area contributed by atoms with Crippen LogP contribution in [0.5, 0.6) is 0 Å². The van der Waals surface area contributed by atoms with Gasteiger partial charge in [-0.25, -0.2) is 17.6 Å². The van der Waals surface area contributed by atoms with Gasteiger partial charge >= 0.3 is 0 Å². The van der Waals surface area contributed by atoms with E-state index in [4.69, 9.17) is 0 Å². The number of aryl methyl sites for hydroxylation is 2. The second kappa shape index (κ2) is 9.34. The molecule has 0 saturated heterocycles. The first-order chi connectivity index (χ1) is 15.9. The van der Waals surface area contributed by atoms with E-state index in [2.05, 4.69) is 11.8 Å². The molecule has 0 atom stereocenters. The summed E-state index contributed by atoms with van der Waals surface area (Å²) in [5.74, 6) is 1.15. The van der Waals surface area contributed by atoms with Crippen LogP contribution in [0.2, 0.25) is 0 Å². The monoisotopic (exact) mass is 444 g/mol. The Hall–Kier alpha value is -3.84. The van der Waals surface area contributed by atoms with Crippen LogP contribution >= 0.6 is 0 Å². The van der Waals surface area contributed by atoms with Crippen LogP contribution in [0.3, 0.4) is 0 Å². The van der Waals surface area contributed by atoms with Crippen LogP contribution in [0.4, 0.5) is 17.6 Å². The minimum Gasteiger partial charge on any atom is -0.206 e. The van der Waals surface area contributed by atoms with Crippen LogP contribution in [0.15, 0.2) is 72.8 Å². The Morgan fingerprint density at radius 1 is 0.636 bits per heavy atom. The Morgan fingerprint density at radius 2 is 1.27 bits per heavy atom. The first-order valence-electron chi connectivity index (χ1n) is 10.5. The van der Waals surface area contributed by atoms with Crippen molar-refractivity contribution >= 4 is 0 Å². The molecule has 4 heteroatoms. The third kappa shape index (κ3) is 4.83. The number of halogens is 4. The van der Waals surface area contributed by atoms with E-state index >= 15 is 0 Å². The first-order valence-corrected chi connectivity index (χ1v) is 10.5. The van der Waals surface area contributed by atoms with Gasteiger partial charge in [0.05, 0.1) is 0 Å². The van der Waals surface area contributed by atoms with E-state index in [1.165, 1.54) is 6.07 Å². The van der Waals surface area contributed by atoms with Crippen molar-refractivity contribution in [3.63, 3.8) is 0 Å². The Morgan fingerprint density at radius 3 is 1.91 bits per heavy atom. The maximum atomic E-state index is 15.0. The normalized spacial score (nSPS) is 10.6. The van der Waals surface area contributed by atoms with Crippen LogP contribution in [0.25, 0.3) is 22.3 Å². The van der Waals surface area contributed by atoms with Gasteiger partial charge in [-0.2, -0.15) is 0 Å².